The Bertz CT molecular complexity index is 838. The number of aryl methyl sites for hydroxylation is 1. The van der Waals surface area contributed by atoms with Crippen LogP contribution in [0.2, 0.25) is 0 Å². The molecule has 4 N–H and O–H groups in total. The number of rotatable bonds is 6. The molecule has 0 bridgehead atoms. The maximum Gasteiger partial charge on any atom is 0.319 e. The van der Waals surface area contributed by atoms with Gasteiger partial charge in [-0.25, -0.2) is 9.78 Å². The Morgan fingerprint density at radius 1 is 1.33 bits per heavy atom. The number of methoxy groups -OCH3 is 1. The number of anilines is 1. The van der Waals surface area contributed by atoms with Crippen LogP contribution in [-0.2, 0) is 24.3 Å². The second kappa shape index (κ2) is 7.14. The van der Waals surface area contributed by atoms with Crippen LogP contribution in [0.15, 0.2) is 24.3 Å². The van der Waals surface area contributed by atoms with E-state index in [-0.39, 0.29) is 6.03 Å². The summed E-state index contributed by atoms with van der Waals surface area (Å²) in [5, 5.41) is 12.5. The second-order valence-corrected chi connectivity index (χ2v) is 5.39. The smallest absolute Gasteiger partial charge is 0.319 e. The highest BCUT2D eigenvalue weighted by Crippen LogP contribution is 2.17. The quantitative estimate of drug-likeness (QED) is 0.557. The number of aromatic nitrogens is 4. The number of nitrogens with one attached hydrogen (secondary N) is 4. The third kappa shape index (κ3) is 3.72. The predicted octanol–water partition coefficient (Wildman–Crippen LogP) is 2.32. The van der Waals surface area contributed by atoms with Crippen molar-refractivity contribution in [2.75, 3.05) is 12.4 Å². The van der Waals surface area contributed by atoms with E-state index in [1.165, 1.54) is 0 Å². The first kappa shape index (κ1) is 16.0. The number of carbonyl (C=O) groups is 1. The summed E-state index contributed by atoms with van der Waals surface area (Å²) in [5.74, 6) is 0.928. The number of carbonyl (C=O) groups excluding carboxylic acids is 1. The van der Waals surface area contributed by atoms with E-state index in [4.69, 9.17) is 4.74 Å². The molecule has 0 aliphatic carbocycles. The number of amides is 2. The number of nitrogens with zero attached hydrogens (tertiary/aromatic N) is 2. The van der Waals surface area contributed by atoms with Crippen molar-refractivity contribution >= 4 is 22.8 Å². The molecule has 0 fully saturated rings. The van der Waals surface area contributed by atoms with Crippen LogP contribution < -0.4 is 10.6 Å². The van der Waals surface area contributed by atoms with Crippen molar-refractivity contribution in [1.82, 2.24) is 25.5 Å². The largest absolute Gasteiger partial charge is 0.378 e. The Labute approximate surface area is 139 Å². The van der Waals surface area contributed by atoms with Crippen molar-refractivity contribution in [3.05, 3.63) is 41.5 Å². The molecule has 3 aromatic rings. The molecule has 0 spiro atoms. The molecule has 8 heteroatoms. The Kier molecular flexibility index (Phi) is 4.76. The lowest BCUT2D eigenvalue weighted by Crippen LogP contribution is -2.28. The fourth-order valence-electron chi connectivity index (χ4n) is 2.38. The van der Waals surface area contributed by atoms with Crippen molar-refractivity contribution in [2.24, 2.45) is 0 Å². The minimum absolute atomic E-state index is 0.285. The first-order valence-electron chi connectivity index (χ1n) is 7.73. The van der Waals surface area contributed by atoms with Crippen molar-refractivity contribution < 1.29 is 9.53 Å². The standard InChI is InChI=1S/C16H20N6O2/c1-3-15-19-13-5-4-10(7-14(13)20-15)18-16(23)17-8-11-6-12(9-24-2)22-21-11/h4-7H,3,8-9H2,1-2H3,(H,19,20)(H,21,22)(H2,17,18,23). The fraction of sp³-hybridized carbons (Fsp3) is 0.312. The van der Waals surface area contributed by atoms with Gasteiger partial charge in [-0.05, 0) is 24.3 Å². The minimum atomic E-state index is -0.285. The van der Waals surface area contributed by atoms with Gasteiger partial charge >= 0.3 is 6.03 Å². The molecule has 2 heterocycles. The van der Waals surface area contributed by atoms with E-state index in [1.807, 2.05) is 31.2 Å². The van der Waals surface area contributed by atoms with Crippen LogP contribution in [0, 0.1) is 0 Å². The third-order valence-corrected chi connectivity index (χ3v) is 3.54. The zero-order chi connectivity index (χ0) is 16.9. The molecule has 0 saturated heterocycles. The van der Waals surface area contributed by atoms with Crippen LogP contribution in [0.1, 0.15) is 24.1 Å². The van der Waals surface area contributed by atoms with Crippen LogP contribution in [0.4, 0.5) is 10.5 Å². The number of imidazole rings is 1. The van der Waals surface area contributed by atoms with Gasteiger partial charge in [0.15, 0.2) is 0 Å². The number of hydrogen-bond acceptors (Lipinski definition) is 4. The van der Waals surface area contributed by atoms with Crippen LogP contribution in [0.3, 0.4) is 0 Å². The molecular weight excluding hydrogens is 308 g/mol. The first-order valence-corrected chi connectivity index (χ1v) is 7.73. The maximum absolute atomic E-state index is 12.0. The van der Waals surface area contributed by atoms with Gasteiger partial charge in [0.1, 0.15) is 5.82 Å². The Morgan fingerprint density at radius 2 is 2.21 bits per heavy atom. The van der Waals surface area contributed by atoms with Gasteiger partial charge in [0.2, 0.25) is 0 Å². The fourth-order valence-corrected chi connectivity index (χ4v) is 2.38. The molecule has 0 unspecified atom stereocenters. The molecule has 126 valence electrons. The van der Waals surface area contributed by atoms with E-state index in [9.17, 15) is 4.79 Å². The van der Waals surface area contributed by atoms with E-state index < -0.39 is 0 Å². The molecule has 3 rings (SSSR count). The van der Waals surface area contributed by atoms with Gasteiger partial charge in [0, 0.05) is 19.2 Å². The van der Waals surface area contributed by atoms with E-state index in [1.54, 1.807) is 7.11 Å². The van der Waals surface area contributed by atoms with Crippen molar-refractivity contribution in [1.29, 1.82) is 0 Å². The van der Waals surface area contributed by atoms with Gasteiger partial charge in [-0.1, -0.05) is 6.92 Å². The zero-order valence-electron chi connectivity index (χ0n) is 13.6. The van der Waals surface area contributed by atoms with Crippen molar-refractivity contribution in [3.8, 4) is 0 Å². The molecule has 24 heavy (non-hydrogen) atoms. The summed E-state index contributed by atoms with van der Waals surface area (Å²) < 4.78 is 5.00. The van der Waals surface area contributed by atoms with E-state index >= 15 is 0 Å². The lowest BCUT2D eigenvalue weighted by atomic mass is 10.3. The van der Waals surface area contributed by atoms with E-state index in [0.717, 1.165) is 34.7 Å². The highest BCUT2D eigenvalue weighted by Gasteiger charge is 2.07. The molecule has 0 radical (unpaired) electrons. The topological polar surface area (TPSA) is 108 Å². The van der Waals surface area contributed by atoms with Crippen LogP contribution in [0.5, 0.6) is 0 Å². The average molecular weight is 328 g/mol. The molecule has 8 nitrogen and oxygen atoms in total. The number of hydrogen-bond donors (Lipinski definition) is 4. The molecule has 0 aliphatic rings. The molecule has 0 aliphatic heterocycles. The third-order valence-electron chi connectivity index (χ3n) is 3.54. The molecule has 1 aromatic carbocycles. The maximum atomic E-state index is 12.0. The lowest BCUT2D eigenvalue weighted by Gasteiger charge is -2.06. The molecule has 0 saturated carbocycles. The van der Waals surface area contributed by atoms with Crippen LogP contribution in [-0.4, -0.2) is 33.3 Å². The summed E-state index contributed by atoms with van der Waals surface area (Å²) in [6.07, 6.45) is 0.840. The number of urea groups is 1. The predicted molar refractivity (Wildman–Crippen MR) is 90.6 cm³/mol. The van der Waals surface area contributed by atoms with E-state index in [2.05, 4.69) is 30.8 Å². The summed E-state index contributed by atoms with van der Waals surface area (Å²) in [5.41, 5.74) is 4.11. The lowest BCUT2D eigenvalue weighted by molar-refractivity contribution is 0.181. The first-order chi connectivity index (χ1) is 11.7. The normalized spacial score (nSPS) is 10.9. The van der Waals surface area contributed by atoms with Crippen LogP contribution in [0.25, 0.3) is 11.0 Å². The highest BCUT2D eigenvalue weighted by molar-refractivity contribution is 5.91. The minimum Gasteiger partial charge on any atom is -0.378 e. The molecule has 2 aromatic heterocycles. The summed E-state index contributed by atoms with van der Waals surface area (Å²) >= 11 is 0. The summed E-state index contributed by atoms with van der Waals surface area (Å²) in [7, 11) is 1.61. The highest BCUT2D eigenvalue weighted by atomic mass is 16.5. The number of aromatic amines is 2. The van der Waals surface area contributed by atoms with E-state index in [0.29, 0.717) is 18.8 Å². The van der Waals surface area contributed by atoms with Crippen LogP contribution >= 0.6 is 0 Å². The van der Waals surface area contributed by atoms with Crippen molar-refractivity contribution in [3.63, 3.8) is 0 Å². The van der Waals surface area contributed by atoms with Gasteiger partial charge < -0.3 is 20.4 Å². The average Bonchev–Trinajstić information content (AvgIpc) is 3.19. The van der Waals surface area contributed by atoms with Crippen molar-refractivity contribution in [2.45, 2.75) is 26.5 Å². The Hall–Kier alpha value is -2.87. The molecule has 0 atom stereocenters. The SMILES string of the molecule is CCc1nc2ccc(NC(=O)NCc3cc(COC)n[nH]3)cc2[nH]1. The number of ether oxygens (including phenoxy) is 1. The van der Waals surface area contributed by atoms with Gasteiger partial charge in [-0.15, -0.1) is 0 Å². The van der Waals surface area contributed by atoms with Gasteiger partial charge in [0.25, 0.3) is 0 Å². The Balaban J connectivity index is 1.57. The Morgan fingerprint density at radius 3 is 3.00 bits per heavy atom. The number of fused-ring (bicyclic) bond motifs is 1. The van der Waals surface area contributed by atoms with Gasteiger partial charge in [-0.3, -0.25) is 5.10 Å². The number of H-pyrrole nitrogens is 2. The molecule has 2 amide bonds. The molecular formula is C16H20N6O2. The number of benzene rings is 1. The summed E-state index contributed by atoms with van der Waals surface area (Å²) in [6, 6.07) is 7.15. The zero-order valence-corrected chi connectivity index (χ0v) is 13.6. The summed E-state index contributed by atoms with van der Waals surface area (Å²) in [4.78, 5) is 19.7. The second-order valence-electron chi connectivity index (χ2n) is 5.39. The van der Waals surface area contributed by atoms with Gasteiger partial charge in [0.05, 0.1) is 35.6 Å². The summed E-state index contributed by atoms with van der Waals surface area (Å²) in [6.45, 7) is 2.83. The monoisotopic (exact) mass is 328 g/mol. The van der Waals surface area contributed by atoms with Gasteiger partial charge in [-0.2, -0.15) is 5.10 Å².